The first-order valence-electron chi connectivity index (χ1n) is 3.73. The molecule has 3 heteroatoms. The van der Waals surface area contributed by atoms with Gasteiger partial charge in [-0.1, -0.05) is 12.1 Å². The van der Waals surface area contributed by atoms with E-state index in [1.54, 1.807) is 11.3 Å². The second-order valence-electron chi connectivity index (χ2n) is 2.30. The van der Waals surface area contributed by atoms with E-state index in [1.807, 2.05) is 12.1 Å². The predicted octanol–water partition coefficient (Wildman–Crippen LogP) is 4.00. The third kappa shape index (κ3) is 2.81. The van der Waals surface area contributed by atoms with Crippen LogP contribution in [0.25, 0.3) is 5.57 Å². The molecular weight excluding hydrogens is 211 g/mol. The molecule has 0 amide bonds. The Hall–Kier alpha value is 0.0200. The van der Waals surface area contributed by atoms with Crippen molar-refractivity contribution in [3.63, 3.8) is 0 Å². The molecule has 0 radical (unpaired) electrons. The van der Waals surface area contributed by atoms with Crippen molar-refractivity contribution in [1.82, 2.24) is 0 Å². The number of hydrogen-bond donors (Lipinski definition) is 0. The van der Waals surface area contributed by atoms with Gasteiger partial charge in [0.25, 0.3) is 0 Å². The lowest BCUT2D eigenvalue weighted by atomic mass is 10.1. The molecule has 1 rings (SSSR count). The van der Waals surface area contributed by atoms with Gasteiger partial charge in [0.1, 0.15) is 0 Å². The van der Waals surface area contributed by atoms with Gasteiger partial charge in [0, 0.05) is 16.6 Å². The van der Waals surface area contributed by atoms with E-state index in [0.717, 1.165) is 6.42 Å². The first-order valence-corrected chi connectivity index (χ1v) is 5.68. The zero-order valence-electron chi connectivity index (χ0n) is 6.59. The number of allylic oxidation sites excluding steroid dienone is 2. The third-order valence-corrected chi connectivity index (χ3v) is 2.81. The summed E-state index contributed by atoms with van der Waals surface area (Å²) in [6, 6.07) is 4.13. The number of thiophene rings is 1. The summed E-state index contributed by atoms with van der Waals surface area (Å²) in [5, 5.41) is 2.06. The van der Waals surface area contributed by atoms with Crippen LogP contribution < -0.4 is 0 Å². The minimum absolute atomic E-state index is 0.560. The molecule has 1 heterocycles. The van der Waals surface area contributed by atoms with Gasteiger partial charge < -0.3 is 0 Å². The lowest BCUT2D eigenvalue weighted by molar-refractivity contribution is 1.26. The van der Waals surface area contributed by atoms with Crippen LogP contribution in [0.4, 0.5) is 0 Å². The Morgan fingerprint density at radius 3 is 2.83 bits per heavy atom. The number of alkyl halides is 2. The summed E-state index contributed by atoms with van der Waals surface area (Å²) in [7, 11) is 0. The van der Waals surface area contributed by atoms with Crippen LogP contribution in [0.2, 0.25) is 0 Å². The lowest BCUT2D eigenvalue weighted by Gasteiger charge is -2.00. The van der Waals surface area contributed by atoms with Gasteiger partial charge in [-0.2, -0.15) is 0 Å². The minimum Gasteiger partial charge on any atom is -0.144 e. The van der Waals surface area contributed by atoms with Gasteiger partial charge in [0.15, 0.2) is 0 Å². The first kappa shape index (κ1) is 10.1. The molecule has 1 aromatic rings. The SMILES string of the molecule is ClCC=C(CCCl)c1cccs1. The molecule has 0 aromatic carbocycles. The molecule has 0 aliphatic carbocycles. The average Bonchev–Trinajstić information content (AvgIpc) is 2.56. The van der Waals surface area contributed by atoms with Crippen molar-refractivity contribution in [2.45, 2.75) is 6.42 Å². The van der Waals surface area contributed by atoms with Crippen LogP contribution >= 0.6 is 34.5 Å². The average molecular weight is 221 g/mol. The summed E-state index contributed by atoms with van der Waals surface area (Å²) < 4.78 is 0. The van der Waals surface area contributed by atoms with Gasteiger partial charge in [0.05, 0.1) is 0 Å². The van der Waals surface area contributed by atoms with Gasteiger partial charge in [0.2, 0.25) is 0 Å². The zero-order chi connectivity index (χ0) is 8.81. The molecule has 66 valence electrons. The van der Waals surface area contributed by atoms with E-state index in [9.17, 15) is 0 Å². The van der Waals surface area contributed by atoms with Crippen LogP contribution in [0.1, 0.15) is 11.3 Å². The highest BCUT2D eigenvalue weighted by Crippen LogP contribution is 2.23. The lowest BCUT2D eigenvalue weighted by Crippen LogP contribution is -1.82. The van der Waals surface area contributed by atoms with E-state index in [2.05, 4.69) is 11.4 Å². The molecule has 0 aliphatic heterocycles. The molecular formula is C9H10Cl2S. The summed E-state index contributed by atoms with van der Waals surface area (Å²) in [5.74, 6) is 1.21. The summed E-state index contributed by atoms with van der Waals surface area (Å²) in [6.45, 7) is 0. The molecule has 0 saturated heterocycles. The van der Waals surface area contributed by atoms with Crippen LogP contribution in [-0.2, 0) is 0 Å². The summed E-state index contributed by atoms with van der Waals surface area (Å²) in [5.41, 5.74) is 1.26. The van der Waals surface area contributed by atoms with Crippen molar-refractivity contribution in [3.05, 3.63) is 28.5 Å². The molecule has 0 atom stereocenters. The second kappa shape index (κ2) is 5.63. The monoisotopic (exact) mass is 220 g/mol. The fourth-order valence-electron chi connectivity index (χ4n) is 0.982. The van der Waals surface area contributed by atoms with E-state index in [1.165, 1.54) is 10.5 Å². The third-order valence-electron chi connectivity index (χ3n) is 1.53. The van der Waals surface area contributed by atoms with Crippen LogP contribution in [0.15, 0.2) is 23.6 Å². The van der Waals surface area contributed by atoms with E-state index < -0.39 is 0 Å². The zero-order valence-corrected chi connectivity index (χ0v) is 8.92. The molecule has 0 N–H and O–H groups in total. The predicted molar refractivity (Wildman–Crippen MR) is 58.4 cm³/mol. The molecule has 0 spiro atoms. The number of rotatable bonds is 4. The minimum atomic E-state index is 0.560. The van der Waals surface area contributed by atoms with Crippen molar-refractivity contribution >= 4 is 40.1 Å². The van der Waals surface area contributed by atoms with Crippen molar-refractivity contribution < 1.29 is 0 Å². The number of hydrogen-bond acceptors (Lipinski definition) is 1. The maximum atomic E-state index is 5.67. The van der Waals surface area contributed by atoms with Crippen LogP contribution in [0.3, 0.4) is 0 Å². The smallest absolute Gasteiger partial charge is 0.0410 e. The van der Waals surface area contributed by atoms with Gasteiger partial charge in [-0.05, 0) is 23.4 Å². The normalized spacial score (nSPS) is 12.0. The highest BCUT2D eigenvalue weighted by molar-refractivity contribution is 7.11. The highest BCUT2D eigenvalue weighted by atomic mass is 35.5. The maximum Gasteiger partial charge on any atom is 0.0410 e. The first-order chi connectivity index (χ1) is 5.88. The van der Waals surface area contributed by atoms with Gasteiger partial charge in [-0.3, -0.25) is 0 Å². The molecule has 0 aliphatic rings. The van der Waals surface area contributed by atoms with E-state index in [4.69, 9.17) is 23.2 Å². The molecule has 12 heavy (non-hydrogen) atoms. The Labute approximate surface area is 86.8 Å². The molecule has 0 fully saturated rings. The fourth-order valence-corrected chi connectivity index (χ4v) is 2.17. The summed E-state index contributed by atoms with van der Waals surface area (Å²) in [6.07, 6.45) is 2.92. The standard InChI is InChI=1S/C9H10Cl2S/c10-5-3-8(4-6-11)9-2-1-7-12-9/h1-3,7H,4-6H2. The van der Waals surface area contributed by atoms with Gasteiger partial charge in [-0.25, -0.2) is 0 Å². The second-order valence-corrected chi connectivity index (χ2v) is 3.93. The highest BCUT2D eigenvalue weighted by Gasteiger charge is 2.00. The number of halogens is 2. The van der Waals surface area contributed by atoms with Crippen molar-refractivity contribution in [1.29, 1.82) is 0 Å². The summed E-state index contributed by atoms with van der Waals surface area (Å²) in [4.78, 5) is 1.27. The Morgan fingerprint density at radius 2 is 2.33 bits per heavy atom. The van der Waals surface area contributed by atoms with E-state index >= 15 is 0 Å². The molecule has 1 aromatic heterocycles. The van der Waals surface area contributed by atoms with Gasteiger partial charge in [-0.15, -0.1) is 34.5 Å². The Morgan fingerprint density at radius 1 is 1.50 bits per heavy atom. The Balaban J connectivity index is 2.73. The van der Waals surface area contributed by atoms with Crippen LogP contribution in [0.5, 0.6) is 0 Å². The fraction of sp³-hybridized carbons (Fsp3) is 0.333. The molecule has 0 nitrogen and oxygen atoms in total. The van der Waals surface area contributed by atoms with Crippen LogP contribution in [-0.4, -0.2) is 11.8 Å². The molecule has 0 bridgehead atoms. The maximum absolute atomic E-state index is 5.67. The van der Waals surface area contributed by atoms with Crippen LogP contribution in [0, 0.1) is 0 Å². The van der Waals surface area contributed by atoms with Gasteiger partial charge >= 0.3 is 0 Å². The quantitative estimate of drug-likeness (QED) is 0.674. The Kier molecular flexibility index (Phi) is 4.74. The Bertz CT molecular complexity index is 239. The van der Waals surface area contributed by atoms with Crippen molar-refractivity contribution in [3.8, 4) is 0 Å². The van der Waals surface area contributed by atoms with Crippen molar-refractivity contribution in [2.24, 2.45) is 0 Å². The largest absolute Gasteiger partial charge is 0.144 e. The topological polar surface area (TPSA) is 0 Å². The molecule has 0 unspecified atom stereocenters. The summed E-state index contributed by atoms with van der Waals surface area (Å²) >= 11 is 13.0. The van der Waals surface area contributed by atoms with E-state index in [-0.39, 0.29) is 0 Å². The van der Waals surface area contributed by atoms with E-state index in [0.29, 0.717) is 11.8 Å². The molecule has 0 saturated carbocycles. The van der Waals surface area contributed by atoms with Crippen molar-refractivity contribution in [2.75, 3.05) is 11.8 Å².